The predicted molar refractivity (Wildman–Crippen MR) is 526 cm³/mol. The molecule has 0 aliphatic rings. The molecular weight excluding hydrogens is 2760 g/mol. The third-order valence-electron chi connectivity index (χ3n) is 18.7. The summed E-state index contributed by atoms with van der Waals surface area (Å²) in [4.78, 5) is 0. The Morgan fingerprint density at radius 2 is 0.617 bits per heavy atom. The van der Waals surface area contributed by atoms with Gasteiger partial charge in [0.1, 0.15) is 34.5 Å². The molecular formula is C115H141O6W7-7. The zero-order valence-electron chi connectivity index (χ0n) is 76.8. The summed E-state index contributed by atoms with van der Waals surface area (Å²) < 4.78 is 33.1. The third kappa shape index (κ3) is 53.1. The van der Waals surface area contributed by atoms with Gasteiger partial charge in [-0.25, -0.2) is 38.2 Å². The summed E-state index contributed by atoms with van der Waals surface area (Å²) in [6.45, 7) is 50.8. The summed E-state index contributed by atoms with van der Waals surface area (Å²) in [5.74, 6) is 5.65. The summed E-state index contributed by atoms with van der Waals surface area (Å²) in [5.41, 5.74) is 22.7. The molecule has 0 amide bonds. The molecule has 0 atom stereocenters. The molecule has 0 spiro atoms. The van der Waals surface area contributed by atoms with Crippen molar-refractivity contribution in [3.8, 4) is 79.0 Å². The summed E-state index contributed by atoms with van der Waals surface area (Å²) in [6, 6.07) is 100. The molecule has 0 aliphatic carbocycles. The van der Waals surface area contributed by atoms with E-state index in [2.05, 4.69) is 293 Å². The number of ether oxygens (including phenoxy) is 6. The standard InChI is InChI=1S/C19H24O2.C18H21.2C15H15.C12H15O.C12H17O.C12H15O.C11H15O.CH4.7W/c1-3-5-15-21-19-12-8-17(9-13-19)16-6-10-18(11-7-16)20-14-4-2;1-3-5-10-16-11-6-7-13-18(16)17-12-8-9-15(4-2)14-17;1-3-13-7-5-9-15(11-13)14-8-4-6-12(2)10-14;1-3-13-8-4-5-10-15(13)14-9-6-7-12(2)11-14;1-3-6-11-7-5-8-12(10-11)13-9-4-2;2*1-3-5-11-6-8-12(9-7-11)13-10-4-2;1-3-9-12-11-7-5-10(4-2)6-8-11;;;;;;;;/h6-13H,3-5,14-15H2,1-2H3;6-9,11-14H,2-5,10H2,1H3;2*4-11H,2-3H2,1H3;3,5-8,10H,1,4,9H2,2H3;6-9H,1,3-5,10H2,2H3;3,5-9H,1,4,10H2,2H3;5-8H,2-4,9H2,1H3;1H4;;;;;;;/q;7*-1;;;;;;;;/b;;;;6-3+;;5-3+;;;;;;;;;. The number of hydrogen-bond acceptors (Lipinski definition) is 6. The molecule has 0 saturated carbocycles. The van der Waals surface area contributed by atoms with Gasteiger partial charge in [-0.3, -0.25) is 0 Å². The molecule has 6 nitrogen and oxygen atoms in total. The molecule has 0 bridgehead atoms. The van der Waals surface area contributed by atoms with Crippen molar-refractivity contribution in [3.63, 3.8) is 0 Å². The molecule has 128 heavy (non-hydrogen) atoms. The minimum atomic E-state index is 0. The first-order chi connectivity index (χ1) is 58.7. The average molecular weight is 2910 g/mol. The normalized spacial score (nSPS) is 9.66. The van der Waals surface area contributed by atoms with Gasteiger partial charge in [-0.2, -0.15) is 68.5 Å². The smallest absolute Gasteiger partial charge is 0.119 e. The van der Waals surface area contributed by atoms with Crippen LogP contribution >= 0.6 is 0 Å². The fourth-order valence-corrected chi connectivity index (χ4v) is 12.1. The topological polar surface area (TPSA) is 55.4 Å². The number of benzene rings is 12. The van der Waals surface area contributed by atoms with Gasteiger partial charge >= 0.3 is 0 Å². The average Bonchev–Trinajstić information content (AvgIpc) is 0.841. The van der Waals surface area contributed by atoms with E-state index in [1.807, 2.05) is 121 Å². The minimum absolute atomic E-state index is 0. The largest absolute Gasteiger partial charge is 0.494 e. The molecule has 686 valence electrons. The van der Waals surface area contributed by atoms with Gasteiger partial charge in [0.25, 0.3) is 0 Å². The van der Waals surface area contributed by atoms with Crippen LogP contribution in [0.15, 0.2) is 303 Å². The van der Waals surface area contributed by atoms with Crippen molar-refractivity contribution in [2.24, 2.45) is 0 Å². The summed E-state index contributed by atoms with van der Waals surface area (Å²) in [7, 11) is 0. The first-order valence-corrected chi connectivity index (χ1v) is 43.6. The van der Waals surface area contributed by atoms with Crippen molar-refractivity contribution < 1.29 is 176 Å². The number of unbranched alkanes of at least 4 members (excludes halogenated alkanes) is 2. The molecule has 0 aliphatic heterocycles. The van der Waals surface area contributed by atoms with Crippen LogP contribution in [-0.2, 0) is 186 Å². The summed E-state index contributed by atoms with van der Waals surface area (Å²) in [5, 5.41) is 0. The van der Waals surface area contributed by atoms with Crippen molar-refractivity contribution in [3.05, 3.63) is 407 Å². The van der Waals surface area contributed by atoms with E-state index in [1.54, 1.807) is 12.2 Å². The first-order valence-electron chi connectivity index (χ1n) is 43.6. The third-order valence-corrected chi connectivity index (χ3v) is 18.7. The van der Waals surface area contributed by atoms with Crippen LogP contribution in [0, 0.1) is 48.5 Å². The first kappa shape index (κ1) is 128. The van der Waals surface area contributed by atoms with Crippen LogP contribution in [0.3, 0.4) is 0 Å². The fourth-order valence-electron chi connectivity index (χ4n) is 12.1. The fraction of sp³-hybridized carbons (Fsp3) is 0.278. The number of aryl methyl sites for hydroxylation is 4. The molecule has 0 N–H and O–H groups in total. The Morgan fingerprint density at radius 1 is 0.258 bits per heavy atom. The van der Waals surface area contributed by atoms with E-state index in [4.69, 9.17) is 28.4 Å². The minimum Gasteiger partial charge on any atom is -0.494 e. The van der Waals surface area contributed by atoms with Gasteiger partial charge in [-0.05, 0) is 187 Å². The maximum Gasteiger partial charge on any atom is 0.119 e. The second-order valence-electron chi connectivity index (χ2n) is 28.8. The molecule has 0 aromatic heterocycles. The number of allylic oxidation sites excluding steroid dienone is 2. The maximum absolute atomic E-state index is 5.68. The monoisotopic (exact) mass is 2910 g/mol. The van der Waals surface area contributed by atoms with Crippen molar-refractivity contribution in [2.75, 3.05) is 39.6 Å². The quantitative estimate of drug-likeness (QED) is 0.0296. The number of rotatable bonds is 34. The van der Waals surface area contributed by atoms with Crippen molar-refractivity contribution in [2.45, 2.75) is 172 Å². The summed E-state index contributed by atoms with van der Waals surface area (Å²) >= 11 is 0. The van der Waals surface area contributed by atoms with E-state index >= 15 is 0 Å². The SMILES string of the molecule is C.CCCCOc1ccc(-c2ccc(OCCC)cc2)cc1.[CH2-]/C=C/c1ccc(OCCC)cc1.[CH2-]/C=C/c1cccc(OCCC)c1.[CH2-]CCc1ccc(OCCC)cc1.[CH2-]Cc1ccc(OCCC)cc1.[CH2-]Cc1cccc(-c2ccccc2CCCC)c1.[CH2-]c1cccc(-c2cccc(CC)c2)c1.[CH2-]c1cccc(-c2ccccc2CC)c1.[W].[W].[W].[W].[W].[W].[W]. The molecule has 12 aromatic rings. The second-order valence-corrected chi connectivity index (χ2v) is 28.8. The molecule has 0 saturated heterocycles. The van der Waals surface area contributed by atoms with Gasteiger partial charge < -0.3 is 49.2 Å². The number of hydrogen-bond donors (Lipinski definition) is 0. The van der Waals surface area contributed by atoms with Crippen LogP contribution in [0.25, 0.3) is 56.7 Å². The van der Waals surface area contributed by atoms with Crippen LogP contribution in [0.5, 0.6) is 34.5 Å². The summed E-state index contributed by atoms with van der Waals surface area (Å²) in [6.07, 6.45) is 24.5. The Bertz CT molecular complexity index is 4700. The Morgan fingerprint density at radius 3 is 1.05 bits per heavy atom. The molecule has 0 heterocycles. The molecule has 13 heteroatoms. The second kappa shape index (κ2) is 81.0. The van der Waals surface area contributed by atoms with Gasteiger partial charge in [0.15, 0.2) is 0 Å². The van der Waals surface area contributed by atoms with Crippen molar-refractivity contribution in [1.82, 2.24) is 0 Å². The van der Waals surface area contributed by atoms with Crippen molar-refractivity contribution in [1.29, 1.82) is 0 Å². The molecule has 0 radical (unpaired) electrons. The zero-order valence-corrected chi connectivity index (χ0v) is 97.4. The van der Waals surface area contributed by atoms with Gasteiger partial charge in [-0.15, -0.1) is 23.3 Å². The van der Waals surface area contributed by atoms with E-state index in [1.165, 1.54) is 97.2 Å². The van der Waals surface area contributed by atoms with E-state index in [0.717, 1.165) is 180 Å². The van der Waals surface area contributed by atoms with Crippen LogP contribution in [0.1, 0.15) is 190 Å². The molecule has 12 aromatic carbocycles. The van der Waals surface area contributed by atoms with Crippen LogP contribution in [-0.4, -0.2) is 39.6 Å². The van der Waals surface area contributed by atoms with E-state index < -0.39 is 0 Å². The Labute approximate surface area is 877 Å². The van der Waals surface area contributed by atoms with Gasteiger partial charge in [0, 0.05) is 147 Å². The molecule has 0 unspecified atom stereocenters. The van der Waals surface area contributed by atoms with Crippen LogP contribution in [0.2, 0.25) is 0 Å². The van der Waals surface area contributed by atoms with Gasteiger partial charge in [-0.1, -0.05) is 299 Å². The van der Waals surface area contributed by atoms with Crippen molar-refractivity contribution >= 4 is 12.2 Å². The van der Waals surface area contributed by atoms with E-state index in [-0.39, 0.29) is 155 Å². The van der Waals surface area contributed by atoms with E-state index in [9.17, 15) is 0 Å². The van der Waals surface area contributed by atoms with Gasteiger partial charge in [0.05, 0.1) is 39.6 Å². The zero-order chi connectivity index (χ0) is 86.4. The Hall–Kier alpha value is -6.78. The van der Waals surface area contributed by atoms with Crippen LogP contribution in [0.4, 0.5) is 0 Å². The molecule has 0 fully saturated rings. The van der Waals surface area contributed by atoms with Gasteiger partial charge in [0.2, 0.25) is 0 Å². The van der Waals surface area contributed by atoms with E-state index in [0.29, 0.717) is 0 Å². The maximum atomic E-state index is 5.68. The predicted octanol–water partition coefficient (Wildman–Crippen LogP) is 31.9. The molecule has 12 rings (SSSR count). The Kier molecular flexibility index (Phi) is 80.7. The Balaban J connectivity index is -0.000000685. The van der Waals surface area contributed by atoms with Crippen LogP contribution < -0.4 is 28.4 Å².